The van der Waals surface area contributed by atoms with Gasteiger partial charge in [0.1, 0.15) is 17.5 Å². The molecule has 3 saturated carbocycles. The summed E-state index contributed by atoms with van der Waals surface area (Å²) in [5.41, 5.74) is 1.01. The van der Waals surface area contributed by atoms with E-state index < -0.39 is 5.97 Å². The van der Waals surface area contributed by atoms with E-state index in [1.54, 1.807) is 12.7 Å². The van der Waals surface area contributed by atoms with Gasteiger partial charge in [-0.05, 0) is 100 Å². The van der Waals surface area contributed by atoms with Gasteiger partial charge in [0.2, 0.25) is 5.91 Å². The molecule has 9 heteroatoms. The van der Waals surface area contributed by atoms with Crippen LogP contribution in [0.25, 0.3) is 0 Å². The fraction of sp³-hybridized carbons (Fsp3) is 0.724. The number of thiophene rings is 1. The molecular formula is C29H43ClN4O3S. The number of carbonyl (C=O) groups excluding carboxylic acids is 1. The second-order valence-corrected chi connectivity index (χ2v) is 13.7. The number of carbonyl (C=O) groups is 2. The van der Waals surface area contributed by atoms with E-state index in [1.807, 2.05) is 9.58 Å². The second kappa shape index (κ2) is 12.1. The predicted molar refractivity (Wildman–Crippen MR) is 153 cm³/mol. The van der Waals surface area contributed by atoms with Crippen LogP contribution in [-0.4, -0.2) is 37.8 Å². The van der Waals surface area contributed by atoms with E-state index in [2.05, 4.69) is 36.9 Å². The summed E-state index contributed by atoms with van der Waals surface area (Å²) in [5, 5.41) is 14.6. The number of anilines is 1. The summed E-state index contributed by atoms with van der Waals surface area (Å²) >= 11 is 1.41. The zero-order valence-electron chi connectivity index (χ0n) is 23.0. The van der Waals surface area contributed by atoms with Gasteiger partial charge in [-0.2, -0.15) is 5.10 Å². The first kappa shape index (κ1) is 29.1. The van der Waals surface area contributed by atoms with Gasteiger partial charge in [-0.3, -0.25) is 4.79 Å². The zero-order chi connectivity index (χ0) is 26.2. The molecule has 0 bridgehead atoms. The van der Waals surface area contributed by atoms with Crippen LogP contribution in [0.2, 0.25) is 0 Å². The average molecular weight is 563 g/mol. The molecule has 3 fully saturated rings. The summed E-state index contributed by atoms with van der Waals surface area (Å²) in [6, 6.07) is 2.40. The van der Waals surface area contributed by atoms with Gasteiger partial charge in [-0.15, -0.1) is 23.7 Å². The van der Waals surface area contributed by atoms with Gasteiger partial charge in [-0.25, -0.2) is 14.5 Å². The van der Waals surface area contributed by atoms with Crippen molar-refractivity contribution in [2.24, 2.45) is 17.3 Å². The van der Waals surface area contributed by atoms with Crippen molar-refractivity contribution in [3.63, 3.8) is 0 Å². The highest BCUT2D eigenvalue weighted by Crippen LogP contribution is 2.47. The molecule has 0 saturated heterocycles. The molecule has 7 nitrogen and oxygen atoms in total. The van der Waals surface area contributed by atoms with Gasteiger partial charge in [0.05, 0.1) is 11.7 Å². The van der Waals surface area contributed by atoms with Crippen LogP contribution in [-0.2, 0) is 4.79 Å². The third-order valence-corrected chi connectivity index (χ3v) is 10.6. The topological polar surface area (TPSA) is 88.3 Å². The lowest BCUT2D eigenvalue weighted by molar-refractivity contribution is -0.124. The Morgan fingerprint density at radius 2 is 1.68 bits per heavy atom. The molecule has 0 aliphatic heterocycles. The molecule has 2 heterocycles. The number of amides is 1. The monoisotopic (exact) mass is 562 g/mol. The molecule has 0 aromatic carbocycles. The Labute approximate surface area is 236 Å². The lowest BCUT2D eigenvalue weighted by Gasteiger charge is -2.39. The number of rotatable bonds is 6. The minimum Gasteiger partial charge on any atom is -0.477 e. The maximum atomic E-state index is 14.2. The van der Waals surface area contributed by atoms with Gasteiger partial charge in [-0.1, -0.05) is 20.8 Å². The van der Waals surface area contributed by atoms with Crippen LogP contribution < -0.4 is 4.90 Å². The van der Waals surface area contributed by atoms with Crippen molar-refractivity contribution in [3.05, 3.63) is 28.5 Å². The minimum absolute atomic E-state index is 0. The predicted octanol–water partition coefficient (Wildman–Crippen LogP) is 7.49. The third-order valence-electron chi connectivity index (χ3n) is 9.37. The number of hydrogen-bond acceptors (Lipinski definition) is 5. The fourth-order valence-electron chi connectivity index (χ4n) is 6.80. The molecule has 2 aromatic heterocycles. The van der Waals surface area contributed by atoms with E-state index in [0.29, 0.717) is 27.8 Å². The quantitative estimate of drug-likeness (QED) is 0.394. The molecule has 3 aliphatic carbocycles. The summed E-state index contributed by atoms with van der Waals surface area (Å²) in [5.74, 6) is 0.278. The summed E-state index contributed by atoms with van der Waals surface area (Å²) < 4.78 is 1.93. The van der Waals surface area contributed by atoms with Gasteiger partial charge in [0.15, 0.2) is 0 Å². The molecule has 0 unspecified atom stereocenters. The van der Waals surface area contributed by atoms with Crippen LogP contribution >= 0.6 is 23.7 Å². The standard InChI is InChI=1S/C29H42N4O3S.ClH/c1-19-4-6-21(7-5-19)27(34)33(23-10-8-22(9-11-23)32-18-30-17-31-32)24-16-25(37-26(24)28(35)36)20-12-14-29(2,3)15-13-20;/h16-23H,4-15H2,1-3H3,(H,35,36);1H/t19-,21-,22-,23-;. The average Bonchev–Trinajstić information content (AvgIpc) is 3.56. The Bertz CT molecular complexity index is 1080. The molecule has 1 amide bonds. The van der Waals surface area contributed by atoms with E-state index in [0.717, 1.165) is 81.9 Å². The van der Waals surface area contributed by atoms with Crippen molar-refractivity contribution in [3.8, 4) is 0 Å². The van der Waals surface area contributed by atoms with Gasteiger partial charge in [0.25, 0.3) is 0 Å². The van der Waals surface area contributed by atoms with E-state index in [4.69, 9.17) is 0 Å². The zero-order valence-corrected chi connectivity index (χ0v) is 24.6. The van der Waals surface area contributed by atoms with E-state index in [1.165, 1.54) is 11.3 Å². The second-order valence-electron chi connectivity index (χ2n) is 12.6. The number of hydrogen-bond donors (Lipinski definition) is 1. The van der Waals surface area contributed by atoms with Crippen LogP contribution in [0, 0.1) is 17.3 Å². The number of aromatic carboxylic acids is 1. The molecule has 0 radical (unpaired) electrons. The third kappa shape index (κ3) is 6.27. The Balaban J connectivity index is 0.00000336. The SMILES string of the molecule is CC1(C)CCC(c2cc(N(C(=O)[C@H]3CC[C@H](C)CC3)[C@H]3CC[C@H](n4cncn4)CC3)c(C(=O)O)s2)CC1.Cl. The maximum absolute atomic E-state index is 14.2. The van der Waals surface area contributed by atoms with Crippen LogP contribution in [0.5, 0.6) is 0 Å². The lowest BCUT2D eigenvalue weighted by atomic mass is 9.73. The molecule has 210 valence electrons. The van der Waals surface area contributed by atoms with Crippen LogP contribution in [0.3, 0.4) is 0 Å². The van der Waals surface area contributed by atoms with Gasteiger partial charge >= 0.3 is 5.97 Å². The smallest absolute Gasteiger partial charge is 0.348 e. The molecule has 1 N–H and O–H groups in total. The lowest BCUT2D eigenvalue weighted by Crippen LogP contribution is -2.46. The first-order valence-corrected chi connectivity index (χ1v) is 15.1. The van der Waals surface area contributed by atoms with E-state index in [-0.39, 0.29) is 36.3 Å². The van der Waals surface area contributed by atoms with Crippen LogP contribution in [0.4, 0.5) is 5.69 Å². The summed E-state index contributed by atoms with van der Waals surface area (Å²) in [6.45, 7) is 6.92. The van der Waals surface area contributed by atoms with Crippen molar-refractivity contribution in [1.29, 1.82) is 0 Å². The van der Waals surface area contributed by atoms with Crippen molar-refractivity contribution in [2.75, 3.05) is 4.90 Å². The number of nitrogens with zero attached hydrogens (tertiary/aromatic N) is 4. The van der Waals surface area contributed by atoms with Crippen molar-refractivity contribution >= 4 is 41.3 Å². The Kier molecular flexibility index (Phi) is 9.23. The fourth-order valence-corrected chi connectivity index (χ4v) is 7.96. The Morgan fingerprint density at radius 3 is 2.26 bits per heavy atom. The highest BCUT2D eigenvalue weighted by Gasteiger charge is 2.39. The number of carboxylic acid groups (broad SMARTS) is 1. The first-order chi connectivity index (χ1) is 17.7. The van der Waals surface area contributed by atoms with E-state index in [9.17, 15) is 14.7 Å². The summed E-state index contributed by atoms with van der Waals surface area (Å²) in [7, 11) is 0. The number of aromatic nitrogens is 3. The molecule has 38 heavy (non-hydrogen) atoms. The minimum atomic E-state index is -0.909. The largest absolute Gasteiger partial charge is 0.477 e. The number of halogens is 1. The summed E-state index contributed by atoms with van der Waals surface area (Å²) in [4.78, 5) is 34.2. The molecule has 0 spiro atoms. The van der Waals surface area contributed by atoms with Crippen molar-refractivity contribution < 1.29 is 14.7 Å². The van der Waals surface area contributed by atoms with Crippen molar-refractivity contribution in [2.45, 2.75) is 116 Å². The highest BCUT2D eigenvalue weighted by molar-refractivity contribution is 7.14. The molecule has 5 rings (SSSR count). The highest BCUT2D eigenvalue weighted by atomic mass is 35.5. The van der Waals surface area contributed by atoms with Gasteiger partial charge < -0.3 is 10.0 Å². The van der Waals surface area contributed by atoms with Crippen molar-refractivity contribution in [1.82, 2.24) is 14.8 Å². The number of carboxylic acids is 1. The molecule has 3 aliphatic rings. The van der Waals surface area contributed by atoms with Gasteiger partial charge in [0, 0.05) is 16.8 Å². The Hall–Kier alpha value is -1.93. The molecular weight excluding hydrogens is 520 g/mol. The molecule has 0 atom stereocenters. The normalized spacial score (nSPS) is 27.9. The summed E-state index contributed by atoms with van der Waals surface area (Å²) in [6.07, 6.45) is 15.3. The van der Waals surface area contributed by atoms with Crippen LogP contribution in [0.1, 0.15) is 124 Å². The Morgan fingerprint density at radius 1 is 1.03 bits per heavy atom. The first-order valence-electron chi connectivity index (χ1n) is 14.3. The van der Waals surface area contributed by atoms with E-state index >= 15 is 0 Å². The van der Waals surface area contributed by atoms with Crippen LogP contribution in [0.15, 0.2) is 18.7 Å². The molecule has 2 aromatic rings. The maximum Gasteiger partial charge on any atom is 0.348 e.